The van der Waals surface area contributed by atoms with Gasteiger partial charge in [-0.2, -0.15) is 0 Å². The first kappa shape index (κ1) is 13.5. The van der Waals surface area contributed by atoms with Gasteiger partial charge >= 0.3 is 0 Å². The van der Waals surface area contributed by atoms with E-state index >= 15 is 0 Å². The van der Waals surface area contributed by atoms with E-state index in [-0.39, 0.29) is 6.04 Å². The number of pyridine rings is 1. The minimum atomic E-state index is 0.274. The third-order valence-electron chi connectivity index (χ3n) is 3.49. The minimum absolute atomic E-state index is 0.274. The lowest BCUT2D eigenvalue weighted by atomic mass is 9.99. The van der Waals surface area contributed by atoms with Gasteiger partial charge in [0.15, 0.2) is 0 Å². The molecule has 1 fully saturated rings. The molecule has 1 aliphatic rings. The van der Waals surface area contributed by atoms with Gasteiger partial charge in [0.2, 0.25) is 0 Å². The standard InChI is InChI=1S/C15H24N2O/c1-4-16-14(13-7-6-11(3)17-10-13)15(18-5-2)12-8-9-12/h6-7,10,12,14-16H,4-5,8-9H2,1-3H3. The molecule has 1 N–H and O–H groups in total. The highest BCUT2D eigenvalue weighted by molar-refractivity contribution is 5.19. The SMILES string of the molecule is CCNC(c1ccc(C)nc1)C(OCC)C1CC1. The van der Waals surface area contributed by atoms with Gasteiger partial charge in [0, 0.05) is 18.5 Å². The van der Waals surface area contributed by atoms with E-state index in [9.17, 15) is 0 Å². The highest BCUT2D eigenvalue weighted by Crippen LogP contribution is 2.39. The molecule has 1 saturated carbocycles. The monoisotopic (exact) mass is 248 g/mol. The van der Waals surface area contributed by atoms with E-state index in [0.29, 0.717) is 6.10 Å². The molecule has 18 heavy (non-hydrogen) atoms. The van der Waals surface area contributed by atoms with Gasteiger partial charge in [-0.05, 0) is 50.8 Å². The van der Waals surface area contributed by atoms with Crippen LogP contribution in [-0.4, -0.2) is 24.2 Å². The highest BCUT2D eigenvalue weighted by Gasteiger charge is 2.37. The summed E-state index contributed by atoms with van der Waals surface area (Å²) in [4.78, 5) is 4.41. The summed E-state index contributed by atoms with van der Waals surface area (Å²) >= 11 is 0. The molecule has 3 nitrogen and oxygen atoms in total. The zero-order valence-electron chi connectivity index (χ0n) is 11.6. The second-order valence-corrected chi connectivity index (χ2v) is 5.03. The highest BCUT2D eigenvalue weighted by atomic mass is 16.5. The molecule has 1 aromatic heterocycles. The molecule has 0 amide bonds. The van der Waals surface area contributed by atoms with Crippen molar-refractivity contribution in [1.29, 1.82) is 0 Å². The molecule has 1 aliphatic carbocycles. The second-order valence-electron chi connectivity index (χ2n) is 5.03. The van der Waals surface area contributed by atoms with Gasteiger partial charge in [0.05, 0.1) is 12.1 Å². The number of hydrogen-bond donors (Lipinski definition) is 1. The lowest BCUT2D eigenvalue weighted by Crippen LogP contribution is -2.35. The smallest absolute Gasteiger partial charge is 0.0798 e. The molecular formula is C15H24N2O. The third kappa shape index (κ3) is 3.30. The van der Waals surface area contributed by atoms with Crippen LogP contribution in [0.3, 0.4) is 0 Å². The van der Waals surface area contributed by atoms with Crippen LogP contribution in [0, 0.1) is 12.8 Å². The van der Waals surface area contributed by atoms with Crippen molar-refractivity contribution in [3.63, 3.8) is 0 Å². The van der Waals surface area contributed by atoms with Crippen LogP contribution in [0.1, 0.15) is 44.0 Å². The van der Waals surface area contributed by atoms with Crippen LogP contribution in [0.4, 0.5) is 0 Å². The second kappa shape index (κ2) is 6.30. The van der Waals surface area contributed by atoms with E-state index in [1.165, 1.54) is 18.4 Å². The van der Waals surface area contributed by atoms with Crippen LogP contribution in [0.15, 0.2) is 18.3 Å². The molecule has 0 saturated heterocycles. The molecule has 0 spiro atoms. The molecule has 100 valence electrons. The number of nitrogens with one attached hydrogen (secondary N) is 1. The van der Waals surface area contributed by atoms with E-state index in [2.05, 4.69) is 36.3 Å². The Morgan fingerprint density at radius 3 is 2.67 bits per heavy atom. The van der Waals surface area contributed by atoms with Gasteiger partial charge in [0.1, 0.15) is 0 Å². The number of aryl methyl sites for hydroxylation is 1. The normalized spacial score (nSPS) is 18.6. The number of likely N-dealkylation sites (N-methyl/N-ethyl adjacent to an activating group) is 1. The van der Waals surface area contributed by atoms with Crippen LogP contribution in [0.5, 0.6) is 0 Å². The minimum Gasteiger partial charge on any atom is -0.376 e. The third-order valence-corrected chi connectivity index (χ3v) is 3.49. The maximum atomic E-state index is 5.97. The van der Waals surface area contributed by atoms with Crippen molar-refractivity contribution in [2.45, 2.75) is 45.8 Å². The molecule has 0 aliphatic heterocycles. The van der Waals surface area contributed by atoms with E-state index in [4.69, 9.17) is 4.74 Å². The molecule has 3 heteroatoms. The van der Waals surface area contributed by atoms with E-state index < -0.39 is 0 Å². The van der Waals surface area contributed by atoms with Gasteiger partial charge in [0.25, 0.3) is 0 Å². The van der Waals surface area contributed by atoms with E-state index in [1.807, 2.05) is 13.1 Å². The number of nitrogens with zero attached hydrogens (tertiary/aromatic N) is 1. The summed E-state index contributed by atoms with van der Waals surface area (Å²) in [5, 5.41) is 3.56. The van der Waals surface area contributed by atoms with Crippen molar-refractivity contribution in [1.82, 2.24) is 10.3 Å². The molecule has 2 unspecified atom stereocenters. The Labute approximate surface area is 110 Å². The van der Waals surface area contributed by atoms with Crippen molar-refractivity contribution >= 4 is 0 Å². The lowest BCUT2D eigenvalue weighted by molar-refractivity contribution is 0.0189. The summed E-state index contributed by atoms with van der Waals surface area (Å²) in [6, 6.07) is 4.52. The van der Waals surface area contributed by atoms with Crippen molar-refractivity contribution in [3.8, 4) is 0 Å². The van der Waals surface area contributed by atoms with E-state index in [0.717, 1.165) is 24.8 Å². The maximum absolute atomic E-state index is 5.97. The predicted molar refractivity (Wildman–Crippen MR) is 73.5 cm³/mol. The summed E-state index contributed by atoms with van der Waals surface area (Å²) in [6.45, 7) is 7.97. The zero-order chi connectivity index (χ0) is 13.0. The Morgan fingerprint density at radius 2 is 2.17 bits per heavy atom. The maximum Gasteiger partial charge on any atom is 0.0798 e. The van der Waals surface area contributed by atoms with Crippen LogP contribution in [-0.2, 0) is 4.74 Å². The molecule has 2 rings (SSSR count). The Kier molecular flexibility index (Phi) is 4.72. The number of ether oxygens (including phenoxy) is 1. The zero-order valence-corrected chi connectivity index (χ0v) is 11.6. The molecule has 0 bridgehead atoms. The van der Waals surface area contributed by atoms with Crippen LogP contribution in [0.2, 0.25) is 0 Å². The van der Waals surface area contributed by atoms with Crippen LogP contribution >= 0.6 is 0 Å². The largest absolute Gasteiger partial charge is 0.376 e. The summed E-state index contributed by atoms with van der Waals surface area (Å²) in [6.07, 6.45) is 4.87. The first-order valence-electron chi connectivity index (χ1n) is 7.03. The number of hydrogen-bond acceptors (Lipinski definition) is 3. The molecule has 0 radical (unpaired) electrons. The summed E-state index contributed by atoms with van der Waals surface area (Å²) < 4.78 is 5.97. The van der Waals surface area contributed by atoms with Crippen LogP contribution in [0.25, 0.3) is 0 Å². The molecular weight excluding hydrogens is 224 g/mol. The fraction of sp³-hybridized carbons (Fsp3) is 0.667. The average molecular weight is 248 g/mol. The Hall–Kier alpha value is -0.930. The summed E-state index contributed by atoms with van der Waals surface area (Å²) in [5.41, 5.74) is 2.31. The molecule has 1 aromatic rings. The van der Waals surface area contributed by atoms with Crippen molar-refractivity contribution in [2.24, 2.45) is 5.92 Å². The fourth-order valence-electron chi connectivity index (χ4n) is 2.43. The Morgan fingerprint density at radius 1 is 1.39 bits per heavy atom. The van der Waals surface area contributed by atoms with Gasteiger partial charge in [-0.25, -0.2) is 0 Å². The number of rotatable bonds is 7. The Balaban J connectivity index is 2.16. The molecule has 1 heterocycles. The first-order chi connectivity index (χ1) is 8.76. The Bertz CT molecular complexity index is 359. The fourth-order valence-corrected chi connectivity index (χ4v) is 2.43. The van der Waals surface area contributed by atoms with Gasteiger partial charge < -0.3 is 10.1 Å². The quantitative estimate of drug-likeness (QED) is 0.805. The van der Waals surface area contributed by atoms with Crippen molar-refractivity contribution < 1.29 is 4.74 Å². The first-order valence-corrected chi connectivity index (χ1v) is 7.03. The van der Waals surface area contributed by atoms with Gasteiger partial charge in [-0.3, -0.25) is 4.98 Å². The summed E-state index contributed by atoms with van der Waals surface area (Å²) in [7, 11) is 0. The van der Waals surface area contributed by atoms with Gasteiger partial charge in [-0.15, -0.1) is 0 Å². The molecule has 2 atom stereocenters. The molecule has 0 aromatic carbocycles. The average Bonchev–Trinajstić information content (AvgIpc) is 3.19. The predicted octanol–water partition coefficient (Wildman–Crippen LogP) is 2.86. The van der Waals surface area contributed by atoms with Gasteiger partial charge in [-0.1, -0.05) is 13.0 Å². The number of aromatic nitrogens is 1. The van der Waals surface area contributed by atoms with Crippen molar-refractivity contribution in [2.75, 3.05) is 13.2 Å². The van der Waals surface area contributed by atoms with E-state index in [1.54, 1.807) is 0 Å². The summed E-state index contributed by atoms with van der Waals surface area (Å²) in [5.74, 6) is 0.718. The topological polar surface area (TPSA) is 34.2 Å². The van der Waals surface area contributed by atoms with Crippen LogP contribution < -0.4 is 5.32 Å². The van der Waals surface area contributed by atoms with Crippen molar-refractivity contribution in [3.05, 3.63) is 29.6 Å². The lowest BCUT2D eigenvalue weighted by Gasteiger charge is -2.28.